The molecule has 1 atom stereocenters. The van der Waals surface area contributed by atoms with E-state index >= 15 is 0 Å². The van der Waals surface area contributed by atoms with E-state index in [1.54, 1.807) is 12.1 Å². The van der Waals surface area contributed by atoms with Crippen LogP contribution in [0.5, 0.6) is 5.75 Å². The molecule has 0 saturated carbocycles. The topological polar surface area (TPSA) is 46.5 Å². The third kappa shape index (κ3) is 4.91. The number of aryl methyl sites for hydroxylation is 1. The van der Waals surface area contributed by atoms with E-state index in [-0.39, 0.29) is 6.10 Å². The molecule has 0 spiro atoms. The first-order valence-corrected chi connectivity index (χ1v) is 5.69. The van der Waals surface area contributed by atoms with E-state index in [4.69, 9.17) is 21.4 Å². The molecule has 4 heteroatoms. The van der Waals surface area contributed by atoms with E-state index in [0.29, 0.717) is 11.4 Å². The Morgan fingerprint density at radius 3 is 2.88 bits per heavy atom. The first-order valence-electron chi connectivity index (χ1n) is 5.31. The summed E-state index contributed by atoms with van der Waals surface area (Å²) < 4.78 is 5.68. The lowest BCUT2D eigenvalue weighted by molar-refractivity contribution is -0.131. The molecule has 0 aliphatic carbocycles. The Labute approximate surface area is 106 Å². The van der Waals surface area contributed by atoms with Gasteiger partial charge in [0.2, 0.25) is 0 Å². The van der Waals surface area contributed by atoms with Crippen LogP contribution in [0, 0.1) is 6.92 Å². The van der Waals surface area contributed by atoms with Crippen LogP contribution < -0.4 is 4.74 Å². The molecule has 3 nitrogen and oxygen atoms in total. The number of carboxylic acid groups (broad SMARTS) is 1. The normalized spacial score (nSPS) is 12.6. The zero-order valence-electron chi connectivity index (χ0n) is 9.81. The number of hydrogen-bond donors (Lipinski definition) is 1. The summed E-state index contributed by atoms with van der Waals surface area (Å²) in [5.74, 6) is -0.175. The van der Waals surface area contributed by atoms with E-state index in [1.165, 1.54) is 0 Å². The fraction of sp³-hybridized carbons (Fsp3) is 0.308. The summed E-state index contributed by atoms with van der Waals surface area (Å²) >= 11 is 5.84. The monoisotopic (exact) mass is 254 g/mol. The number of benzene rings is 1. The smallest absolute Gasteiger partial charge is 0.327 e. The minimum Gasteiger partial charge on any atom is -0.490 e. The van der Waals surface area contributed by atoms with Crippen molar-refractivity contribution in [3.63, 3.8) is 0 Å². The van der Waals surface area contributed by atoms with Crippen LogP contribution in [-0.4, -0.2) is 17.2 Å². The second-order valence-electron chi connectivity index (χ2n) is 3.81. The molecule has 0 aliphatic heterocycles. The van der Waals surface area contributed by atoms with Crippen LogP contribution in [0.4, 0.5) is 0 Å². The average molecular weight is 255 g/mol. The van der Waals surface area contributed by atoms with E-state index in [0.717, 1.165) is 17.4 Å². The van der Waals surface area contributed by atoms with Crippen molar-refractivity contribution in [2.45, 2.75) is 26.4 Å². The number of carboxylic acids is 1. The molecule has 0 aromatic heterocycles. The van der Waals surface area contributed by atoms with Gasteiger partial charge in [-0.3, -0.25) is 0 Å². The maximum Gasteiger partial charge on any atom is 0.327 e. The van der Waals surface area contributed by atoms with Crippen molar-refractivity contribution in [1.29, 1.82) is 0 Å². The van der Waals surface area contributed by atoms with Crippen molar-refractivity contribution < 1.29 is 14.6 Å². The Bertz CT molecular complexity index is 427. The van der Waals surface area contributed by atoms with Crippen LogP contribution in [0.1, 0.15) is 18.9 Å². The predicted molar refractivity (Wildman–Crippen MR) is 67.7 cm³/mol. The van der Waals surface area contributed by atoms with Gasteiger partial charge in [-0.1, -0.05) is 17.7 Å². The van der Waals surface area contributed by atoms with Gasteiger partial charge < -0.3 is 9.84 Å². The van der Waals surface area contributed by atoms with E-state index < -0.39 is 5.97 Å². The minimum absolute atomic E-state index is 0.0783. The van der Waals surface area contributed by atoms with Crippen LogP contribution in [0.3, 0.4) is 0 Å². The van der Waals surface area contributed by atoms with Crippen LogP contribution in [0.25, 0.3) is 0 Å². The highest BCUT2D eigenvalue weighted by molar-refractivity contribution is 6.30. The predicted octanol–water partition coefficient (Wildman–Crippen LogP) is 3.45. The zero-order valence-corrected chi connectivity index (χ0v) is 10.6. The van der Waals surface area contributed by atoms with Gasteiger partial charge in [-0.25, -0.2) is 4.79 Å². The van der Waals surface area contributed by atoms with Crippen molar-refractivity contribution in [3.05, 3.63) is 40.9 Å². The number of rotatable bonds is 5. The molecule has 0 aliphatic rings. The summed E-state index contributed by atoms with van der Waals surface area (Å²) in [5.41, 5.74) is 0.964. The molecule has 92 valence electrons. The second-order valence-corrected chi connectivity index (χ2v) is 4.25. The highest BCUT2D eigenvalue weighted by atomic mass is 35.5. The van der Waals surface area contributed by atoms with Crippen molar-refractivity contribution in [3.8, 4) is 5.75 Å². The Kier molecular flexibility index (Phi) is 5.04. The number of halogens is 1. The van der Waals surface area contributed by atoms with Gasteiger partial charge in [0.25, 0.3) is 0 Å². The average Bonchev–Trinajstić information content (AvgIpc) is 2.21. The molecule has 0 saturated heterocycles. The van der Waals surface area contributed by atoms with E-state index in [1.807, 2.05) is 26.0 Å². The molecule has 0 heterocycles. The SMILES string of the molecule is Cc1cc(Cl)ccc1OC(C)C/C=C/C(=O)O. The number of aliphatic carboxylic acids is 1. The van der Waals surface area contributed by atoms with Crippen LogP contribution >= 0.6 is 11.6 Å². The quantitative estimate of drug-likeness (QED) is 0.819. The van der Waals surface area contributed by atoms with Crippen LogP contribution in [0.2, 0.25) is 5.02 Å². The molecule has 17 heavy (non-hydrogen) atoms. The first kappa shape index (κ1) is 13.6. The van der Waals surface area contributed by atoms with E-state index in [9.17, 15) is 4.79 Å². The van der Waals surface area contributed by atoms with Crippen molar-refractivity contribution in [2.24, 2.45) is 0 Å². The zero-order chi connectivity index (χ0) is 12.8. The number of hydrogen-bond acceptors (Lipinski definition) is 2. The minimum atomic E-state index is -0.945. The van der Waals surface area contributed by atoms with Crippen molar-refractivity contribution >= 4 is 17.6 Å². The van der Waals surface area contributed by atoms with Crippen molar-refractivity contribution in [2.75, 3.05) is 0 Å². The van der Waals surface area contributed by atoms with Gasteiger partial charge in [-0.15, -0.1) is 0 Å². The lowest BCUT2D eigenvalue weighted by Gasteiger charge is -2.14. The second kappa shape index (κ2) is 6.30. The molecule has 1 rings (SSSR count). The third-order valence-electron chi connectivity index (χ3n) is 2.19. The molecular weight excluding hydrogens is 240 g/mol. The highest BCUT2D eigenvalue weighted by Crippen LogP contribution is 2.23. The summed E-state index contributed by atoms with van der Waals surface area (Å²) in [5, 5.41) is 9.12. The van der Waals surface area contributed by atoms with Gasteiger partial charge in [-0.2, -0.15) is 0 Å². The molecule has 1 aromatic carbocycles. The summed E-state index contributed by atoms with van der Waals surface area (Å²) in [6, 6.07) is 5.41. The molecule has 0 bridgehead atoms. The number of carbonyl (C=O) groups is 1. The molecular formula is C13H15ClO3. The van der Waals surface area contributed by atoms with E-state index in [2.05, 4.69) is 0 Å². The largest absolute Gasteiger partial charge is 0.490 e. The van der Waals surface area contributed by atoms with Gasteiger partial charge in [0.1, 0.15) is 5.75 Å². The maximum absolute atomic E-state index is 10.3. The van der Waals surface area contributed by atoms with Gasteiger partial charge in [0.15, 0.2) is 0 Å². The summed E-state index contributed by atoms with van der Waals surface area (Å²) in [7, 11) is 0. The molecule has 1 N–H and O–H groups in total. The molecule has 0 fully saturated rings. The highest BCUT2D eigenvalue weighted by Gasteiger charge is 2.05. The first-order chi connectivity index (χ1) is 7.99. The van der Waals surface area contributed by atoms with Crippen LogP contribution in [-0.2, 0) is 4.79 Å². The number of ether oxygens (including phenoxy) is 1. The Hall–Kier alpha value is -1.48. The Balaban J connectivity index is 2.56. The fourth-order valence-corrected chi connectivity index (χ4v) is 1.60. The van der Waals surface area contributed by atoms with Gasteiger partial charge in [0, 0.05) is 17.5 Å². The van der Waals surface area contributed by atoms with Crippen molar-refractivity contribution in [1.82, 2.24) is 0 Å². The standard InChI is InChI=1S/C13H15ClO3/c1-9-8-11(14)6-7-12(9)17-10(2)4-3-5-13(15)16/h3,5-8,10H,4H2,1-2H3,(H,15,16)/b5-3+. The molecule has 0 radical (unpaired) electrons. The summed E-state index contributed by atoms with van der Waals surface area (Å²) in [6.45, 7) is 3.81. The Morgan fingerprint density at radius 2 is 2.29 bits per heavy atom. The summed E-state index contributed by atoms with van der Waals surface area (Å²) in [4.78, 5) is 10.3. The molecule has 1 unspecified atom stereocenters. The van der Waals surface area contributed by atoms with Gasteiger partial charge in [-0.05, 0) is 37.6 Å². The Morgan fingerprint density at radius 1 is 1.59 bits per heavy atom. The maximum atomic E-state index is 10.3. The van der Waals surface area contributed by atoms with Gasteiger partial charge in [0.05, 0.1) is 6.10 Å². The lowest BCUT2D eigenvalue weighted by Crippen LogP contribution is -2.11. The lowest BCUT2D eigenvalue weighted by atomic mass is 10.2. The molecule has 0 amide bonds. The molecule has 1 aromatic rings. The van der Waals surface area contributed by atoms with Gasteiger partial charge >= 0.3 is 5.97 Å². The fourth-order valence-electron chi connectivity index (χ4n) is 1.37. The van der Waals surface area contributed by atoms with Crippen LogP contribution in [0.15, 0.2) is 30.4 Å². The third-order valence-corrected chi connectivity index (χ3v) is 2.43. The summed E-state index contributed by atoms with van der Waals surface area (Å²) in [6.07, 6.45) is 3.17.